The molecule has 0 aliphatic heterocycles. The number of para-hydroxylation sites is 1. The normalized spacial score (nSPS) is 12.1. The van der Waals surface area contributed by atoms with E-state index in [9.17, 15) is 8.42 Å². The first-order chi connectivity index (χ1) is 7.52. The summed E-state index contributed by atoms with van der Waals surface area (Å²) >= 11 is 5.99. The summed E-state index contributed by atoms with van der Waals surface area (Å²) in [6.45, 7) is 1.64. The molecule has 0 saturated carbocycles. The molecule has 0 saturated heterocycles. The largest absolute Gasteiger partial charge is 0.356 e. The summed E-state index contributed by atoms with van der Waals surface area (Å²) < 4.78 is 23.0. The van der Waals surface area contributed by atoms with E-state index in [1.165, 1.54) is 0 Å². The predicted molar refractivity (Wildman–Crippen MR) is 66.5 cm³/mol. The van der Waals surface area contributed by atoms with Crippen molar-refractivity contribution < 1.29 is 8.42 Å². The average Bonchev–Trinajstić information content (AvgIpc) is 2.61. The molecule has 0 unspecified atom stereocenters. The van der Waals surface area contributed by atoms with E-state index in [1.54, 1.807) is 13.0 Å². The third-order valence-corrected chi connectivity index (χ3v) is 4.42. The van der Waals surface area contributed by atoms with E-state index in [2.05, 4.69) is 4.98 Å². The molecule has 1 N–H and O–H groups in total. The Labute approximate surface area is 99.3 Å². The SMILES string of the molecule is CCS(=O)(=O)Cc1cc2cccc(Cl)c2[nH]1. The zero-order valence-electron chi connectivity index (χ0n) is 8.83. The Morgan fingerprint density at radius 2 is 2.12 bits per heavy atom. The second-order valence-corrected chi connectivity index (χ2v) is 6.44. The number of benzene rings is 1. The van der Waals surface area contributed by atoms with Crippen LogP contribution in [0.1, 0.15) is 12.6 Å². The van der Waals surface area contributed by atoms with Crippen molar-refractivity contribution in [1.82, 2.24) is 4.98 Å². The third kappa shape index (κ3) is 2.23. The first kappa shape index (κ1) is 11.5. The van der Waals surface area contributed by atoms with Crippen molar-refractivity contribution in [2.24, 2.45) is 0 Å². The predicted octanol–water partition coefficient (Wildman–Crippen LogP) is 2.76. The molecule has 0 radical (unpaired) electrons. The molecule has 3 nitrogen and oxygen atoms in total. The molecule has 0 atom stereocenters. The minimum atomic E-state index is -3.01. The maximum absolute atomic E-state index is 11.5. The Morgan fingerprint density at radius 1 is 1.38 bits per heavy atom. The minimum Gasteiger partial charge on any atom is -0.356 e. The molecule has 1 aromatic carbocycles. The standard InChI is InChI=1S/C11H12ClNO2S/c1-2-16(14,15)7-9-6-8-4-3-5-10(12)11(8)13-9/h3-6,13H,2,7H2,1H3. The molecule has 0 bridgehead atoms. The number of nitrogens with one attached hydrogen (secondary N) is 1. The number of halogens is 1. The van der Waals surface area contributed by atoms with E-state index in [1.807, 2.05) is 18.2 Å². The lowest BCUT2D eigenvalue weighted by Crippen LogP contribution is -2.06. The van der Waals surface area contributed by atoms with Gasteiger partial charge in [-0.25, -0.2) is 8.42 Å². The fraction of sp³-hybridized carbons (Fsp3) is 0.273. The number of H-pyrrole nitrogens is 1. The van der Waals surface area contributed by atoms with Gasteiger partial charge in [-0.2, -0.15) is 0 Å². The number of fused-ring (bicyclic) bond motifs is 1. The van der Waals surface area contributed by atoms with E-state index < -0.39 is 9.84 Å². The molecule has 2 rings (SSSR count). The molecular formula is C11H12ClNO2S. The van der Waals surface area contributed by atoms with Gasteiger partial charge in [0.2, 0.25) is 0 Å². The van der Waals surface area contributed by atoms with Crippen LogP contribution in [0.5, 0.6) is 0 Å². The van der Waals surface area contributed by atoms with Crippen molar-refractivity contribution in [2.75, 3.05) is 5.75 Å². The lowest BCUT2D eigenvalue weighted by Gasteiger charge is -1.97. The maximum atomic E-state index is 11.5. The van der Waals surface area contributed by atoms with Gasteiger partial charge < -0.3 is 4.98 Å². The van der Waals surface area contributed by atoms with Crippen LogP contribution in [0.4, 0.5) is 0 Å². The molecule has 5 heteroatoms. The lowest BCUT2D eigenvalue weighted by atomic mass is 10.2. The summed E-state index contributed by atoms with van der Waals surface area (Å²) in [5.74, 6) is 0.185. The summed E-state index contributed by atoms with van der Waals surface area (Å²) in [5.41, 5.74) is 1.48. The van der Waals surface area contributed by atoms with Gasteiger partial charge in [-0.1, -0.05) is 30.7 Å². The molecule has 1 heterocycles. The van der Waals surface area contributed by atoms with Crippen LogP contribution in [0.2, 0.25) is 5.02 Å². The zero-order valence-corrected chi connectivity index (χ0v) is 10.4. The molecule has 0 aliphatic carbocycles. The molecule has 0 fully saturated rings. The highest BCUT2D eigenvalue weighted by Crippen LogP contribution is 2.24. The van der Waals surface area contributed by atoms with Gasteiger partial charge in [-0.05, 0) is 12.1 Å². The number of aromatic amines is 1. The number of hydrogen-bond acceptors (Lipinski definition) is 2. The van der Waals surface area contributed by atoms with Gasteiger partial charge in [0.25, 0.3) is 0 Å². The quantitative estimate of drug-likeness (QED) is 0.919. The van der Waals surface area contributed by atoms with Crippen LogP contribution in [-0.2, 0) is 15.6 Å². The van der Waals surface area contributed by atoms with Crippen molar-refractivity contribution in [2.45, 2.75) is 12.7 Å². The van der Waals surface area contributed by atoms with E-state index in [-0.39, 0.29) is 11.5 Å². The Morgan fingerprint density at radius 3 is 2.75 bits per heavy atom. The van der Waals surface area contributed by atoms with Gasteiger partial charge in [0.15, 0.2) is 9.84 Å². The first-order valence-electron chi connectivity index (χ1n) is 4.98. The lowest BCUT2D eigenvalue weighted by molar-refractivity contribution is 0.596. The van der Waals surface area contributed by atoms with Gasteiger partial charge in [0.05, 0.1) is 16.3 Å². The zero-order chi connectivity index (χ0) is 11.8. The number of aromatic nitrogens is 1. The number of hydrogen-bond donors (Lipinski definition) is 1. The summed E-state index contributed by atoms with van der Waals surface area (Å²) in [4.78, 5) is 3.04. The molecule has 2 aromatic rings. The van der Waals surface area contributed by atoms with E-state index in [0.29, 0.717) is 10.7 Å². The molecule has 0 spiro atoms. The maximum Gasteiger partial charge on any atom is 0.155 e. The second-order valence-electron chi connectivity index (χ2n) is 3.68. The van der Waals surface area contributed by atoms with Crippen molar-refractivity contribution >= 4 is 32.3 Å². The Balaban J connectivity index is 2.45. The Hall–Kier alpha value is -1.00. The summed E-state index contributed by atoms with van der Waals surface area (Å²) in [6.07, 6.45) is 0. The van der Waals surface area contributed by atoms with Crippen molar-refractivity contribution in [3.63, 3.8) is 0 Å². The topological polar surface area (TPSA) is 49.9 Å². The number of rotatable bonds is 3. The van der Waals surface area contributed by atoms with Crippen molar-refractivity contribution in [3.8, 4) is 0 Å². The summed E-state index contributed by atoms with van der Waals surface area (Å²) in [6, 6.07) is 7.35. The van der Waals surface area contributed by atoms with Crippen molar-refractivity contribution in [3.05, 3.63) is 35.0 Å². The smallest absolute Gasteiger partial charge is 0.155 e. The summed E-state index contributed by atoms with van der Waals surface area (Å²) in [7, 11) is -3.01. The fourth-order valence-electron chi connectivity index (χ4n) is 1.59. The molecule has 86 valence electrons. The summed E-state index contributed by atoms with van der Waals surface area (Å²) in [5, 5.41) is 1.55. The van der Waals surface area contributed by atoms with Gasteiger partial charge in [0.1, 0.15) is 0 Å². The Bertz CT molecular complexity index is 616. The van der Waals surface area contributed by atoms with Gasteiger partial charge in [-0.3, -0.25) is 0 Å². The Kier molecular flexibility index (Phi) is 2.95. The highest BCUT2D eigenvalue weighted by molar-refractivity contribution is 7.90. The highest BCUT2D eigenvalue weighted by Gasteiger charge is 2.11. The van der Waals surface area contributed by atoms with E-state index >= 15 is 0 Å². The third-order valence-electron chi connectivity index (χ3n) is 2.48. The highest BCUT2D eigenvalue weighted by atomic mass is 35.5. The van der Waals surface area contributed by atoms with Crippen LogP contribution >= 0.6 is 11.6 Å². The van der Waals surface area contributed by atoms with Gasteiger partial charge in [0, 0.05) is 16.8 Å². The van der Waals surface area contributed by atoms with Crippen LogP contribution in [0, 0.1) is 0 Å². The second kappa shape index (κ2) is 4.11. The van der Waals surface area contributed by atoms with E-state index in [4.69, 9.17) is 11.6 Å². The fourth-order valence-corrected chi connectivity index (χ4v) is 2.66. The van der Waals surface area contributed by atoms with Crippen LogP contribution in [0.3, 0.4) is 0 Å². The molecular weight excluding hydrogens is 246 g/mol. The molecule has 1 aromatic heterocycles. The van der Waals surface area contributed by atoms with Crippen LogP contribution in [0.25, 0.3) is 10.9 Å². The first-order valence-corrected chi connectivity index (χ1v) is 7.18. The van der Waals surface area contributed by atoms with Crippen LogP contribution < -0.4 is 0 Å². The van der Waals surface area contributed by atoms with Crippen LogP contribution in [-0.4, -0.2) is 19.2 Å². The number of sulfone groups is 1. The van der Waals surface area contributed by atoms with Gasteiger partial charge >= 0.3 is 0 Å². The van der Waals surface area contributed by atoms with E-state index in [0.717, 1.165) is 10.9 Å². The van der Waals surface area contributed by atoms with Crippen molar-refractivity contribution in [1.29, 1.82) is 0 Å². The molecule has 0 amide bonds. The molecule has 16 heavy (non-hydrogen) atoms. The minimum absolute atomic E-state index is 0.0362. The molecule has 0 aliphatic rings. The monoisotopic (exact) mass is 257 g/mol. The van der Waals surface area contributed by atoms with Crippen LogP contribution in [0.15, 0.2) is 24.3 Å². The van der Waals surface area contributed by atoms with Gasteiger partial charge in [-0.15, -0.1) is 0 Å². The average molecular weight is 258 g/mol.